The largest absolute Gasteiger partial charge is 0.337 e. The van der Waals surface area contributed by atoms with Gasteiger partial charge >= 0.3 is 6.03 Å². The number of amides is 2. The summed E-state index contributed by atoms with van der Waals surface area (Å²) in [4.78, 5) is 15.8. The van der Waals surface area contributed by atoms with Crippen LogP contribution >= 0.6 is 0 Å². The van der Waals surface area contributed by atoms with Crippen LogP contribution in [0.5, 0.6) is 0 Å². The first-order valence-corrected chi connectivity index (χ1v) is 7.07. The molecule has 1 aromatic carbocycles. The van der Waals surface area contributed by atoms with E-state index in [9.17, 15) is 4.79 Å². The number of urea groups is 1. The van der Waals surface area contributed by atoms with Crippen molar-refractivity contribution in [2.24, 2.45) is 0 Å². The average molecular weight is 288 g/mol. The number of nitrogens with one attached hydrogen (secondary N) is 2. The fraction of sp³-hybridized carbons (Fsp3) is 0.400. The highest BCUT2D eigenvalue weighted by atomic mass is 16.5. The number of hydrogen-bond donors (Lipinski definition) is 2. The normalized spacial score (nSPS) is 11.9. The zero-order valence-electron chi connectivity index (χ0n) is 12.3. The topological polar surface area (TPSA) is 80.0 Å². The minimum atomic E-state index is -0.229. The van der Waals surface area contributed by atoms with Crippen LogP contribution in [0.4, 0.5) is 4.79 Å². The van der Waals surface area contributed by atoms with Crippen molar-refractivity contribution >= 4 is 6.03 Å². The highest BCUT2D eigenvalue weighted by Gasteiger charge is 2.09. The Hall–Kier alpha value is -2.37. The van der Waals surface area contributed by atoms with Crippen molar-refractivity contribution in [3.05, 3.63) is 47.6 Å². The van der Waals surface area contributed by atoms with Crippen LogP contribution in [0.15, 0.2) is 34.9 Å². The fourth-order valence-electron chi connectivity index (χ4n) is 1.74. The van der Waals surface area contributed by atoms with Gasteiger partial charge in [0.1, 0.15) is 0 Å². The molecule has 0 unspecified atom stereocenters. The smallest absolute Gasteiger partial charge is 0.315 e. The monoisotopic (exact) mass is 288 g/mol. The van der Waals surface area contributed by atoms with E-state index in [-0.39, 0.29) is 18.6 Å². The molecule has 1 heterocycles. The Morgan fingerprint density at radius 2 is 2.10 bits per heavy atom. The number of nitrogens with zero attached hydrogens (tertiary/aromatic N) is 2. The zero-order valence-corrected chi connectivity index (χ0v) is 12.3. The first-order valence-electron chi connectivity index (χ1n) is 7.07. The third-order valence-corrected chi connectivity index (χ3v) is 3.11. The standard InChI is InChI=1S/C15H20N4O2/c1-3-11(2)17-15(20)16-10-14-18-13(19-21-14)9-12-7-5-4-6-8-12/h4-8,11H,3,9-10H2,1-2H3,(H2,16,17,20)/t11-/m0/s1. The van der Waals surface area contributed by atoms with E-state index in [1.807, 2.05) is 44.2 Å². The Labute approximate surface area is 123 Å². The molecule has 1 atom stereocenters. The van der Waals surface area contributed by atoms with Gasteiger partial charge in [-0.2, -0.15) is 4.98 Å². The van der Waals surface area contributed by atoms with Gasteiger partial charge in [-0.05, 0) is 18.9 Å². The molecule has 112 valence electrons. The van der Waals surface area contributed by atoms with Crippen molar-refractivity contribution in [2.75, 3.05) is 0 Å². The van der Waals surface area contributed by atoms with Crippen molar-refractivity contribution in [1.29, 1.82) is 0 Å². The van der Waals surface area contributed by atoms with Crippen LogP contribution in [0.2, 0.25) is 0 Å². The molecule has 6 nitrogen and oxygen atoms in total. The van der Waals surface area contributed by atoms with Crippen molar-refractivity contribution < 1.29 is 9.32 Å². The Morgan fingerprint density at radius 3 is 2.81 bits per heavy atom. The Balaban J connectivity index is 1.82. The third-order valence-electron chi connectivity index (χ3n) is 3.11. The van der Waals surface area contributed by atoms with E-state index in [4.69, 9.17) is 4.52 Å². The van der Waals surface area contributed by atoms with Crippen LogP contribution in [0, 0.1) is 0 Å². The minimum absolute atomic E-state index is 0.140. The van der Waals surface area contributed by atoms with Crippen molar-refractivity contribution in [3.8, 4) is 0 Å². The summed E-state index contributed by atoms with van der Waals surface area (Å²) in [7, 11) is 0. The zero-order chi connectivity index (χ0) is 15.1. The van der Waals surface area contributed by atoms with E-state index in [0.717, 1.165) is 12.0 Å². The summed E-state index contributed by atoms with van der Waals surface area (Å²) in [6.07, 6.45) is 1.50. The molecule has 0 aliphatic rings. The summed E-state index contributed by atoms with van der Waals surface area (Å²) in [5, 5.41) is 9.41. The van der Waals surface area contributed by atoms with Gasteiger partial charge in [0.15, 0.2) is 5.82 Å². The summed E-state index contributed by atoms with van der Waals surface area (Å²) in [6, 6.07) is 9.83. The highest BCUT2D eigenvalue weighted by Crippen LogP contribution is 2.06. The van der Waals surface area contributed by atoms with Gasteiger partial charge in [-0.15, -0.1) is 0 Å². The number of aromatic nitrogens is 2. The third kappa shape index (κ3) is 4.91. The number of carbonyl (C=O) groups excluding carboxylic acids is 1. The van der Waals surface area contributed by atoms with E-state index in [1.54, 1.807) is 0 Å². The van der Waals surface area contributed by atoms with Gasteiger partial charge in [0, 0.05) is 12.5 Å². The second-order valence-corrected chi connectivity index (χ2v) is 4.90. The molecule has 0 fully saturated rings. The Morgan fingerprint density at radius 1 is 1.33 bits per heavy atom. The maximum Gasteiger partial charge on any atom is 0.315 e. The molecule has 0 aliphatic carbocycles. The Kier molecular flexibility index (Phi) is 5.31. The van der Waals surface area contributed by atoms with Gasteiger partial charge in [-0.3, -0.25) is 0 Å². The van der Waals surface area contributed by atoms with E-state index in [0.29, 0.717) is 18.1 Å². The maximum absolute atomic E-state index is 11.6. The van der Waals surface area contributed by atoms with Crippen molar-refractivity contribution in [1.82, 2.24) is 20.8 Å². The molecular formula is C15H20N4O2. The van der Waals surface area contributed by atoms with Crippen LogP contribution in [0.3, 0.4) is 0 Å². The number of hydrogen-bond acceptors (Lipinski definition) is 4. The molecule has 0 aliphatic heterocycles. The molecule has 1 aromatic heterocycles. The molecule has 2 amide bonds. The minimum Gasteiger partial charge on any atom is -0.337 e. The van der Waals surface area contributed by atoms with Gasteiger partial charge < -0.3 is 15.2 Å². The van der Waals surface area contributed by atoms with Crippen LogP contribution in [-0.2, 0) is 13.0 Å². The van der Waals surface area contributed by atoms with Crippen LogP contribution in [-0.4, -0.2) is 22.2 Å². The molecule has 21 heavy (non-hydrogen) atoms. The van der Waals surface area contributed by atoms with Gasteiger partial charge in [0.25, 0.3) is 0 Å². The van der Waals surface area contributed by atoms with Crippen LogP contribution in [0.1, 0.15) is 37.5 Å². The first kappa shape index (κ1) is 15.0. The lowest BCUT2D eigenvalue weighted by Crippen LogP contribution is -2.40. The van der Waals surface area contributed by atoms with Gasteiger partial charge in [-0.1, -0.05) is 42.4 Å². The first-order chi connectivity index (χ1) is 10.2. The predicted molar refractivity (Wildman–Crippen MR) is 78.7 cm³/mol. The number of benzene rings is 1. The summed E-state index contributed by atoms with van der Waals surface area (Å²) in [5.74, 6) is 1.01. The molecule has 0 saturated carbocycles. The van der Waals surface area contributed by atoms with Gasteiger partial charge in [0.05, 0.1) is 6.54 Å². The lowest BCUT2D eigenvalue weighted by molar-refractivity contribution is 0.235. The molecule has 2 rings (SSSR count). The summed E-state index contributed by atoms with van der Waals surface area (Å²) in [6.45, 7) is 4.19. The van der Waals surface area contributed by atoms with E-state index < -0.39 is 0 Å². The second kappa shape index (κ2) is 7.42. The molecule has 2 aromatic rings. The highest BCUT2D eigenvalue weighted by molar-refractivity contribution is 5.73. The van der Waals surface area contributed by atoms with Crippen molar-refractivity contribution in [3.63, 3.8) is 0 Å². The van der Waals surface area contributed by atoms with Gasteiger partial charge in [0.2, 0.25) is 5.89 Å². The van der Waals surface area contributed by atoms with Crippen LogP contribution in [0.25, 0.3) is 0 Å². The molecule has 0 radical (unpaired) electrons. The maximum atomic E-state index is 11.6. The average Bonchev–Trinajstić information content (AvgIpc) is 2.93. The van der Waals surface area contributed by atoms with E-state index >= 15 is 0 Å². The number of rotatable bonds is 6. The predicted octanol–water partition coefficient (Wildman–Crippen LogP) is 2.26. The lowest BCUT2D eigenvalue weighted by Gasteiger charge is -2.11. The molecule has 0 bridgehead atoms. The molecule has 2 N–H and O–H groups in total. The lowest BCUT2D eigenvalue weighted by atomic mass is 10.1. The summed E-state index contributed by atoms with van der Waals surface area (Å²) < 4.78 is 5.11. The molecule has 0 spiro atoms. The molecular weight excluding hydrogens is 268 g/mol. The van der Waals surface area contributed by atoms with Gasteiger partial charge in [-0.25, -0.2) is 4.79 Å². The molecule has 6 heteroatoms. The SMILES string of the molecule is CC[C@H](C)NC(=O)NCc1nc(Cc2ccccc2)no1. The fourth-order valence-corrected chi connectivity index (χ4v) is 1.74. The van der Waals surface area contributed by atoms with E-state index in [1.165, 1.54) is 0 Å². The molecule has 0 saturated heterocycles. The van der Waals surface area contributed by atoms with E-state index in [2.05, 4.69) is 20.8 Å². The van der Waals surface area contributed by atoms with Crippen molar-refractivity contribution in [2.45, 2.75) is 39.3 Å². The second-order valence-electron chi connectivity index (χ2n) is 4.90. The summed E-state index contributed by atoms with van der Waals surface area (Å²) in [5.41, 5.74) is 1.12. The van der Waals surface area contributed by atoms with Crippen LogP contribution < -0.4 is 10.6 Å². The number of carbonyl (C=O) groups is 1. The Bertz CT molecular complexity index is 568. The quantitative estimate of drug-likeness (QED) is 0.854. The summed E-state index contributed by atoms with van der Waals surface area (Å²) >= 11 is 0.